The molecular weight excluding hydrogens is 565 g/mol. The van der Waals surface area contributed by atoms with Crippen molar-refractivity contribution in [1.29, 1.82) is 0 Å². The van der Waals surface area contributed by atoms with Crippen LogP contribution < -0.4 is 16.2 Å². The van der Waals surface area contributed by atoms with Gasteiger partial charge in [0.2, 0.25) is 11.6 Å². The molecule has 43 heavy (non-hydrogen) atoms. The fraction of sp³-hybridized carbons (Fsp3) is 0.633. The summed E-state index contributed by atoms with van der Waals surface area (Å²) in [6.45, 7) is 0.594. The van der Waals surface area contributed by atoms with Crippen molar-refractivity contribution in [3.8, 4) is 0 Å². The Hall–Kier alpha value is -2.68. The number of halogens is 3. The van der Waals surface area contributed by atoms with Crippen LogP contribution in [-0.2, 0) is 16.1 Å². The van der Waals surface area contributed by atoms with Crippen LogP contribution in [0.3, 0.4) is 0 Å². The van der Waals surface area contributed by atoms with Crippen molar-refractivity contribution in [1.82, 2.24) is 26.1 Å². The number of alkyl halides is 3. The Balaban J connectivity index is 1.34. The highest BCUT2D eigenvalue weighted by Crippen LogP contribution is 2.44. The molecule has 234 valence electrons. The van der Waals surface area contributed by atoms with Crippen molar-refractivity contribution in [2.45, 2.75) is 112 Å². The highest BCUT2D eigenvalue weighted by atomic mass is 19.4. The summed E-state index contributed by atoms with van der Waals surface area (Å²) in [4.78, 5) is 18.8. The second-order valence-electron chi connectivity index (χ2n) is 12.1. The van der Waals surface area contributed by atoms with E-state index in [-0.39, 0.29) is 42.5 Å². The molecule has 0 saturated carbocycles. The van der Waals surface area contributed by atoms with Crippen molar-refractivity contribution in [3.63, 3.8) is 0 Å². The van der Waals surface area contributed by atoms with Crippen LogP contribution in [0.4, 0.5) is 13.2 Å². The lowest BCUT2D eigenvalue weighted by Crippen LogP contribution is -2.67. The number of nitro groups is 1. The first kappa shape index (κ1) is 30.4. The molecule has 1 aromatic heterocycles. The van der Waals surface area contributed by atoms with Crippen LogP contribution in [0.15, 0.2) is 54.9 Å². The number of pyridine rings is 1. The summed E-state index contributed by atoms with van der Waals surface area (Å²) >= 11 is 0. The second kappa shape index (κ2) is 12.7. The molecule has 4 fully saturated rings. The number of nitrogens with one attached hydrogen (secondary N) is 3. The molecule has 2 aromatic rings. The maximum absolute atomic E-state index is 15.1. The average molecular weight is 605 g/mol. The minimum absolute atomic E-state index is 0.200. The molecule has 0 spiro atoms. The Labute approximate surface area is 248 Å². The lowest BCUT2D eigenvalue weighted by Gasteiger charge is -2.46. The van der Waals surface area contributed by atoms with E-state index < -0.39 is 36.3 Å². The molecule has 4 aliphatic rings. The minimum Gasteiger partial charge on any atom is -0.357 e. The Morgan fingerprint density at radius 1 is 1.09 bits per heavy atom. The molecule has 13 heteroatoms. The van der Waals surface area contributed by atoms with Gasteiger partial charge < -0.3 is 9.47 Å². The van der Waals surface area contributed by atoms with Crippen molar-refractivity contribution in [2.75, 3.05) is 6.54 Å². The van der Waals surface area contributed by atoms with Gasteiger partial charge in [0.1, 0.15) is 12.3 Å². The monoisotopic (exact) mass is 604 g/mol. The Morgan fingerprint density at radius 2 is 1.91 bits per heavy atom. The van der Waals surface area contributed by atoms with Crippen LogP contribution in [0.1, 0.15) is 68.4 Å². The van der Waals surface area contributed by atoms with Gasteiger partial charge in [-0.1, -0.05) is 55.7 Å². The third-order valence-corrected chi connectivity index (χ3v) is 9.61. The number of benzene rings is 1. The average Bonchev–Trinajstić information content (AvgIpc) is 3.68. The SMILES string of the molecule is O=[N+]([O-])C1CC(c2cccnc2)C2NC1C1NNC(O1)C(OCc1ccccc1)(C(F)(F)F)CCCCC[C@H]1CCCN21. The van der Waals surface area contributed by atoms with Crippen LogP contribution in [-0.4, -0.2) is 69.9 Å². The molecule has 1 aromatic carbocycles. The third kappa shape index (κ3) is 6.16. The molecule has 8 atom stereocenters. The van der Waals surface area contributed by atoms with Crippen LogP contribution in [0.5, 0.6) is 0 Å². The number of hydrogen-bond acceptors (Lipinski definition) is 9. The summed E-state index contributed by atoms with van der Waals surface area (Å²) in [6, 6.07) is 10.7. The van der Waals surface area contributed by atoms with Gasteiger partial charge in [-0.2, -0.15) is 13.2 Å². The van der Waals surface area contributed by atoms with Crippen LogP contribution in [0.25, 0.3) is 0 Å². The van der Waals surface area contributed by atoms with Gasteiger partial charge in [0, 0.05) is 35.7 Å². The number of rotatable bonds is 5. The number of hydrazine groups is 1. The fourth-order valence-corrected chi connectivity index (χ4v) is 7.40. The fourth-order valence-electron chi connectivity index (χ4n) is 7.40. The maximum Gasteiger partial charge on any atom is 0.421 e. The maximum atomic E-state index is 15.1. The highest BCUT2D eigenvalue weighted by Gasteiger charge is 2.64. The largest absolute Gasteiger partial charge is 0.421 e. The van der Waals surface area contributed by atoms with E-state index in [1.807, 2.05) is 12.1 Å². The second-order valence-corrected chi connectivity index (χ2v) is 12.1. The van der Waals surface area contributed by atoms with Gasteiger partial charge in [0.25, 0.3) is 0 Å². The number of piperidine rings is 1. The van der Waals surface area contributed by atoms with Crippen molar-refractivity contribution in [3.05, 3.63) is 76.1 Å². The van der Waals surface area contributed by atoms with E-state index in [1.165, 1.54) is 0 Å². The zero-order chi connectivity index (χ0) is 30.0. The van der Waals surface area contributed by atoms with E-state index >= 15 is 13.2 Å². The van der Waals surface area contributed by atoms with Gasteiger partial charge in [-0.15, -0.1) is 0 Å². The lowest BCUT2D eigenvalue weighted by molar-refractivity contribution is -0.534. The Bertz CT molecular complexity index is 1230. The van der Waals surface area contributed by atoms with E-state index in [4.69, 9.17) is 9.47 Å². The topological polar surface area (TPSA) is 114 Å². The molecule has 0 amide bonds. The van der Waals surface area contributed by atoms with E-state index in [0.29, 0.717) is 18.4 Å². The number of fused-ring (bicyclic) bond motifs is 7. The van der Waals surface area contributed by atoms with Crippen LogP contribution in [0.2, 0.25) is 0 Å². The molecule has 3 N–H and O–H groups in total. The van der Waals surface area contributed by atoms with Crippen molar-refractivity contribution in [2.24, 2.45) is 0 Å². The standard InChI is InChI=1S/C30H39F3N6O4/c31-30(32,33)29(42-19-20-9-3-1-4-10-20)14-6-2-5-12-22-13-8-16-38(22)26-23(21-11-7-15-34-18-21)17-24(39(40)41)25(35-26)27-36-37-28(29)43-27/h1,3-4,7,9-11,15,18,22-28,35-37H,2,5-6,8,12-14,16-17,19H2/t22-,23?,24?,25?,26?,27?,28?,29?/m0/s1. The molecule has 5 heterocycles. The van der Waals surface area contributed by atoms with Gasteiger partial charge in [-0.25, -0.2) is 10.9 Å². The lowest BCUT2D eigenvalue weighted by atomic mass is 9.82. The zero-order valence-electron chi connectivity index (χ0n) is 23.9. The Morgan fingerprint density at radius 3 is 2.65 bits per heavy atom. The molecule has 4 saturated heterocycles. The number of aromatic nitrogens is 1. The first-order chi connectivity index (χ1) is 20.8. The van der Waals surface area contributed by atoms with Gasteiger partial charge >= 0.3 is 6.18 Å². The predicted molar refractivity (Wildman–Crippen MR) is 151 cm³/mol. The number of hydrogen-bond donors (Lipinski definition) is 3. The summed E-state index contributed by atoms with van der Waals surface area (Å²) in [6.07, 6.45) is 0.132. The first-order valence-corrected chi connectivity index (χ1v) is 15.2. The van der Waals surface area contributed by atoms with E-state index in [9.17, 15) is 10.1 Å². The molecule has 4 bridgehead atoms. The van der Waals surface area contributed by atoms with E-state index in [2.05, 4.69) is 26.1 Å². The molecule has 10 nitrogen and oxygen atoms in total. The Kier molecular flexibility index (Phi) is 8.99. The summed E-state index contributed by atoms with van der Waals surface area (Å²) in [7, 11) is 0. The van der Waals surface area contributed by atoms with E-state index in [0.717, 1.165) is 37.8 Å². The number of ether oxygens (including phenoxy) is 2. The van der Waals surface area contributed by atoms with Gasteiger partial charge in [0.05, 0.1) is 12.8 Å². The summed E-state index contributed by atoms with van der Waals surface area (Å²) in [5, 5.41) is 16.0. The summed E-state index contributed by atoms with van der Waals surface area (Å²) in [5.41, 5.74) is 4.42. The summed E-state index contributed by atoms with van der Waals surface area (Å²) < 4.78 is 57.2. The van der Waals surface area contributed by atoms with Gasteiger partial charge in [-0.05, 0) is 49.4 Å². The molecule has 7 unspecified atom stereocenters. The summed E-state index contributed by atoms with van der Waals surface area (Å²) in [5.74, 6) is -0.220. The van der Waals surface area contributed by atoms with Gasteiger partial charge in [-0.3, -0.25) is 25.3 Å². The third-order valence-electron chi connectivity index (χ3n) is 9.61. The smallest absolute Gasteiger partial charge is 0.357 e. The minimum atomic E-state index is -4.77. The molecule has 4 aliphatic heterocycles. The van der Waals surface area contributed by atoms with E-state index in [1.54, 1.807) is 42.7 Å². The molecule has 0 aliphatic carbocycles. The molecule has 0 radical (unpaired) electrons. The molecular formula is C30H39F3N6O4. The van der Waals surface area contributed by atoms with Crippen LogP contribution >= 0.6 is 0 Å². The zero-order valence-corrected chi connectivity index (χ0v) is 23.9. The first-order valence-electron chi connectivity index (χ1n) is 15.2. The highest BCUT2D eigenvalue weighted by molar-refractivity contribution is 5.20. The molecule has 6 rings (SSSR count). The normalized spacial score (nSPS) is 35.7. The number of nitrogens with zero attached hydrogens (tertiary/aromatic N) is 3. The van der Waals surface area contributed by atoms with Crippen LogP contribution in [0, 0.1) is 10.1 Å². The van der Waals surface area contributed by atoms with Crippen molar-refractivity contribution < 1.29 is 27.6 Å². The van der Waals surface area contributed by atoms with Crippen molar-refractivity contribution >= 4 is 0 Å². The quantitative estimate of drug-likeness (QED) is 0.341. The van der Waals surface area contributed by atoms with Gasteiger partial charge in [0.15, 0.2) is 6.23 Å². The predicted octanol–water partition coefficient (Wildman–Crippen LogP) is 4.22.